The lowest BCUT2D eigenvalue weighted by Crippen LogP contribution is -2.11. The number of halogens is 7. The molecule has 0 spiro atoms. The van der Waals surface area contributed by atoms with Gasteiger partial charge in [0.05, 0.1) is 0 Å². The van der Waals surface area contributed by atoms with Crippen molar-refractivity contribution < 1.29 is 30.7 Å². The van der Waals surface area contributed by atoms with Crippen molar-refractivity contribution in [2.45, 2.75) is 32.4 Å². The van der Waals surface area contributed by atoms with E-state index in [2.05, 4.69) is 0 Å². The molecule has 3 rings (SSSR count). The molecule has 0 bridgehead atoms. The van der Waals surface area contributed by atoms with E-state index in [9.17, 15) is 30.7 Å². The third-order valence-corrected chi connectivity index (χ3v) is 4.77. The Morgan fingerprint density at radius 1 is 0.667 bits per heavy atom. The second-order valence-corrected chi connectivity index (χ2v) is 6.93. The van der Waals surface area contributed by atoms with Crippen LogP contribution >= 0.6 is 0 Å². The summed E-state index contributed by atoms with van der Waals surface area (Å²) in [5, 5.41) is 0. The number of unbranched alkanes of at least 4 members (excludes halogenated alkanes) is 1. The highest BCUT2D eigenvalue weighted by Gasteiger charge is 2.38. The van der Waals surface area contributed by atoms with Crippen LogP contribution in [0.1, 0.15) is 30.9 Å². The van der Waals surface area contributed by atoms with Gasteiger partial charge in [0.15, 0.2) is 0 Å². The van der Waals surface area contributed by atoms with Gasteiger partial charge in [-0.1, -0.05) is 37.6 Å². The Balaban J connectivity index is 1.97. The normalized spacial score (nSPS) is 11.7. The largest absolute Gasteiger partial charge is 0.422 e. The lowest BCUT2D eigenvalue weighted by Gasteiger charge is -2.12. The maximum Gasteiger partial charge on any atom is 0.422 e. The Morgan fingerprint density at radius 3 is 1.73 bits per heavy atom. The lowest BCUT2D eigenvalue weighted by atomic mass is 9.97. The average Bonchev–Trinajstić information content (AvgIpc) is 2.64. The molecule has 0 heterocycles. The summed E-state index contributed by atoms with van der Waals surface area (Å²) in [6.07, 6.45) is -2.63. The molecule has 0 aromatic heterocycles. The molecule has 0 aliphatic heterocycles. The van der Waals surface area contributed by atoms with Crippen LogP contribution in [0.4, 0.5) is 30.7 Å². The van der Waals surface area contributed by atoms with Crippen molar-refractivity contribution in [3.05, 3.63) is 82.9 Å². The summed E-state index contributed by atoms with van der Waals surface area (Å²) < 4.78 is 94.8. The maximum atomic E-state index is 14.6. The second-order valence-electron chi connectivity index (χ2n) is 6.93. The lowest BCUT2D eigenvalue weighted by molar-refractivity contribution is -0.142. The van der Waals surface area contributed by atoms with Crippen LogP contribution in [0.3, 0.4) is 0 Å². The molecule has 0 unspecified atom stereocenters. The Hall–Kier alpha value is -2.83. The zero-order chi connectivity index (χ0) is 22.1. The highest BCUT2D eigenvalue weighted by atomic mass is 19.4. The number of hydrogen-bond donors (Lipinski definition) is 0. The predicted molar refractivity (Wildman–Crippen MR) is 101 cm³/mol. The second kappa shape index (κ2) is 8.50. The van der Waals surface area contributed by atoms with Crippen LogP contribution in [0.15, 0.2) is 48.5 Å². The van der Waals surface area contributed by atoms with E-state index in [4.69, 9.17) is 0 Å². The fourth-order valence-corrected chi connectivity index (χ4v) is 3.25. The van der Waals surface area contributed by atoms with E-state index in [-0.39, 0.29) is 16.7 Å². The standard InChI is InChI=1S/C23H17F7/c1-2-3-4-13-5-7-16(18(24)9-13)14-6-8-17(19(25)10-14)15-11-20(26)22(21(27)12-15)23(28,29)30/h5-12H,2-4H2,1H3. The Labute approximate surface area is 169 Å². The number of rotatable bonds is 5. The first-order chi connectivity index (χ1) is 14.1. The van der Waals surface area contributed by atoms with E-state index in [1.807, 2.05) is 6.92 Å². The van der Waals surface area contributed by atoms with E-state index < -0.39 is 40.6 Å². The van der Waals surface area contributed by atoms with Crippen LogP contribution in [0.25, 0.3) is 22.3 Å². The SMILES string of the molecule is CCCCc1ccc(-c2ccc(-c3cc(F)c(C(F)(F)F)c(F)c3)c(F)c2)c(F)c1. The number of benzene rings is 3. The Kier molecular flexibility index (Phi) is 6.19. The molecule has 3 aromatic rings. The van der Waals surface area contributed by atoms with Gasteiger partial charge in [-0.25, -0.2) is 17.6 Å². The molecular weight excluding hydrogens is 409 g/mol. The summed E-state index contributed by atoms with van der Waals surface area (Å²) in [6.45, 7) is 2.02. The molecule has 0 radical (unpaired) electrons. The van der Waals surface area contributed by atoms with Crippen molar-refractivity contribution in [1.29, 1.82) is 0 Å². The molecular formula is C23H17F7. The molecule has 0 fully saturated rings. The highest BCUT2D eigenvalue weighted by Crippen LogP contribution is 2.37. The van der Waals surface area contributed by atoms with E-state index >= 15 is 0 Å². The molecule has 3 aromatic carbocycles. The first-order valence-corrected chi connectivity index (χ1v) is 9.26. The van der Waals surface area contributed by atoms with Crippen molar-refractivity contribution in [2.75, 3.05) is 0 Å². The van der Waals surface area contributed by atoms with Gasteiger partial charge in [-0.2, -0.15) is 13.2 Å². The first kappa shape index (κ1) is 21.9. The molecule has 0 aliphatic rings. The molecule has 0 saturated heterocycles. The van der Waals surface area contributed by atoms with Gasteiger partial charge in [0.2, 0.25) is 0 Å². The predicted octanol–water partition coefficient (Wildman–Crippen LogP) is 7.94. The molecule has 0 atom stereocenters. The van der Waals surface area contributed by atoms with Crippen molar-refractivity contribution >= 4 is 0 Å². The van der Waals surface area contributed by atoms with Gasteiger partial charge < -0.3 is 0 Å². The summed E-state index contributed by atoms with van der Waals surface area (Å²) in [7, 11) is 0. The molecule has 7 heteroatoms. The smallest absolute Gasteiger partial charge is 0.206 e. The van der Waals surface area contributed by atoms with Gasteiger partial charge in [0, 0.05) is 11.1 Å². The minimum atomic E-state index is -5.21. The summed E-state index contributed by atoms with van der Waals surface area (Å²) >= 11 is 0. The molecule has 158 valence electrons. The zero-order valence-electron chi connectivity index (χ0n) is 15.9. The fraction of sp³-hybridized carbons (Fsp3) is 0.217. The Bertz CT molecular complexity index is 1040. The topological polar surface area (TPSA) is 0 Å². The minimum Gasteiger partial charge on any atom is -0.206 e. The molecule has 30 heavy (non-hydrogen) atoms. The zero-order valence-corrected chi connectivity index (χ0v) is 15.9. The molecule has 0 nitrogen and oxygen atoms in total. The van der Waals surface area contributed by atoms with Gasteiger partial charge in [-0.3, -0.25) is 0 Å². The maximum absolute atomic E-state index is 14.6. The monoisotopic (exact) mass is 426 g/mol. The summed E-state index contributed by atoms with van der Waals surface area (Å²) in [5.74, 6) is -5.16. The van der Waals surface area contributed by atoms with Crippen LogP contribution in [-0.2, 0) is 12.6 Å². The van der Waals surface area contributed by atoms with E-state index in [1.165, 1.54) is 18.2 Å². The van der Waals surface area contributed by atoms with Gasteiger partial charge in [0.1, 0.15) is 28.8 Å². The number of aryl methyl sites for hydroxylation is 1. The van der Waals surface area contributed by atoms with E-state index in [0.29, 0.717) is 18.6 Å². The summed E-state index contributed by atoms with van der Waals surface area (Å²) in [5.41, 5.74) is -1.57. The van der Waals surface area contributed by atoms with Gasteiger partial charge in [0.25, 0.3) is 0 Å². The summed E-state index contributed by atoms with van der Waals surface area (Å²) in [4.78, 5) is 0. The first-order valence-electron chi connectivity index (χ1n) is 9.26. The quantitative estimate of drug-likeness (QED) is 0.363. The van der Waals surface area contributed by atoms with Gasteiger partial charge in [-0.15, -0.1) is 0 Å². The fourth-order valence-electron chi connectivity index (χ4n) is 3.25. The van der Waals surface area contributed by atoms with E-state index in [0.717, 1.165) is 30.5 Å². The molecule has 0 amide bonds. The molecule has 0 N–H and O–H groups in total. The van der Waals surface area contributed by atoms with E-state index in [1.54, 1.807) is 6.07 Å². The Morgan fingerprint density at radius 2 is 1.20 bits per heavy atom. The van der Waals surface area contributed by atoms with Crippen molar-refractivity contribution in [2.24, 2.45) is 0 Å². The number of hydrogen-bond acceptors (Lipinski definition) is 0. The van der Waals surface area contributed by atoms with Crippen LogP contribution < -0.4 is 0 Å². The molecule has 0 saturated carbocycles. The van der Waals surface area contributed by atoms with Crippen molar-refractivity contribution in [1.82, 2.24) is 0 Å². The van der Waals surface area contributed by atoms with Crippen LogP contribution in [0.2, 0.25) is 0 Å². The van der Waals surface area contributed by atoms with Crippen molar-refractivity contribution in [3.63, 3.8) is 0 Å². The minimum absolute atomic E-state index is 0.144. The summed E-state index contributed by atoms with van der Waals surface area (Å²) in [6, 6.07) is 8.95. The average molecular weight is 426 g/mol. The van der Waals surface area contributed by atoms with Crippen LogP contribution in [0, 0.1) is 23.3 Å². The van der Waals surface area contributed by atoms with Crippen LogP contribution in [0.5, 0.6) is 0 Å². The third kappa shape index (κ3) is 4.50. The highest BCUT2D eigenvalue weighted by molar-refractivity contribution is 5.72. The third-order valence-electron chi connectivity index (χ3n) is 4.77. The molecule has 0 aliphatic carbocycles. The van der Waals surface area contributed by atoms with Gasteiger partial charge in [-0.05, 0) is 53.8 Å². The van der Waals surface area contributed by atoms with Gasteiger partial charge >= 0.3 is 6.18 Å². The van der Waals surface area contributed by atoms with Crippen LogP contribution in [-0.4, -0.2) is 0 Å². The number of alkyl halides is 3. The van der Waals surface area contributed by atoms with Crippen molar-refractivity contribution in [3.8, 4) is 22.3 Å².